The van der Waals surface area contributed by atoms with Crippen LogP contribution in [0.1, 0.15) is 17.1 Å². The fourth-order valence-electron chi connectivity index (χ4n) is 2.55. The summed E-state index contributed by atoms with van der Waals surface area (Å²) < 4.78 is 12.6. The molecule has 7 nitrogen and oxygen atoms in total. The molecule has 0 amide bonds. The first-order valence-corrected chi connectivity index (χ1v) is 9.06. The molecule has 0 saturated carbocycles. The fourth-order valence-corrected chi connectivity index (χ4v) is 3.30. The Morgan fingerprint density at radius 3 is 2.62 bits per heavy atom. The summed E-state index contributed by atoms with van der Waals surface area (Å²) in [6, 6.07) is 9.88. The Morgan fingerprint density at radius 1 is 1.08 bits per heavy atom. The first-order chi connectivity index (χ1) is 12.6. The number of thioether (sulfide) groups is 1. The molecule has 0 unspecified atom stereocenters. The van der Waals surface area contributed by atoms with E-state index < -0.39 is 0 Å². The number of aryl methyl sites for hydroxylation is 2. The minimum Gasteiger partial charge on any atom is -0.469 e. The van der Waals surface area contributed by atoms with Crippen LogP contribution in [0, 0.1) is 13.8 Å². The molecule has 0 bridgehead atoms. The van der Waals surface area contributed by atoms with Crippen molar-refractivity contribution in [1.29, 1.82) is 0 Å². The van der Waals surface area contributed by atoms with Gasteiger partial charge in [0, 0.05) is 12.6 Å². The maximum Gasteiger partial charge on any atom is 0.257 e. The lowest BCUT2D eigenvalue weighted by Crippen LogP contribution is -1.95. The fraction of sp³-hybridized carbons (Fsp3) is 0.222. The summed E-state index contributed by atoms with van der Waals surface area (Å²) >= 11 is 1.51. The second-order valence-corrected chi connectivity index (χ2v) is 6.87. The van der Waals surface area contributed by atoms with Gasteiger partial charge >= 0.3 is 0 Å². The molecule has 0 radical (unpaired) electrons. The summed E-state index contributed by atoms with van der Waals surface area (Å²) in [5, 5.41) is 13.3. The lowest BCUT2D eigenvalue weighted by molar-refractivity contribution is 0.425. The van der Waals surface area contributed by atoms with Crippen molar-refractivity contribution in [2.24, 2.45) is 7.05 Å². The van der Waals surface area contributed by atoms with E-state index in [9.17, 15) is 0 Å². The van der Waals surface area contributed by atoms with Crippen molar-refractivity contribution in [3.63, 3.8) is 0 Å². The highest BCUT2D eigenvalue weighted by molar-refractivity contribution is 7.98. The molecule has 26 heavy (non-hydrogen) atoms. The van der Waals surface area contributed by atoms with Gasteiger partial charge in [-0.3, -0.25) is 0 Å². The van der Waals surface area contributed by atoms with Crippen LogP contribution >= 0.6 is 11.8 Å². The van der Waals surface area contributed by atoms with Crippen molar-refractivity contribution in [2.45, 2.75) is 24.8 Å². The number of nitrogens with zero attached hydrogens (tertiary/aromatic N) is 5. The van der Waals surface area contributed by atoms with Crippen LogP contribution in [0.25, 0.3) is 22.8 Å². The van der Waals surface area contributed by atoms with Gasteiger partial charge in [0.05, 0.1) is 17.6 Å². The third-order valence-corrected chi connectivity index (χ3v) is 5.05. The van der Waals surface area contributed by atoms with E-state index in [1.54, 1.807) is 6.26 Å². The molecule has 0 aliphatic carbocycles. The summed E-state index contributed by atoms with van der Waals surface area (Å²) in [5.41, 5.74) is 3.04. The first kappa shape index (κ1) is 16.6. The molecule has 0 fully saturated rings. The standard InChI is InChI=1S/C18H17N5O2S/c1-11-4-6-13(7-5-11)17-19-15(22-25-17)10-26-18-21-20-16(23(18)3)14-8-9-24-12(14)2/h4-9H,10H2,1-3H3. The van der Waals surface area contributed by atoms with Gasteiger partial charge in [0.2, 0.25) is 0 Å². The zero-order valence-electron chi connectivity index (χ0n) is 14.6. The molecule has 0 atom stereocenters. The van der Waals surface area contributed by atoms with E-state index in [1.807, 2.05) is 55.8 Å². The van der Waals surface area contributed by atoms with Crippen LogP contribution in [0.15, 0.2) is 50.7 Å². The van der Waals surface area contributed by atoms with E-state index in [4.69, 9.17) is 8.94 Å². The molecule has 0 aliphatic heterocycles. The van der Waals surface area contributed by atoms with Crippen molar-refractivity contribution < 1.29 is 8.94 Å². The lowest BCUT2D eigenvalue weighted by Gasteiger charge is -2.01. The molecular weight excluding hydrogens is 350 g/mol. The molecule has 3 aromatic heterocycles. The Labute approximate surface area is 154 Å². The van der Waals surface area contributed by atoms with Gasteiger partial charge in [-0.15, -0.1) is 10.2 Å². The monoisotopic (exact) mass is 367 g/mol. The third-order valence-electron chi connectivity index (χ3n) is 4.03. The predicted octanol–water partition coefficient (Wildman–Crippen LogP) is 4.03. The van der Waals surface area contributed by atoms with Crippen molar-refractivity contribution in [3.05, 3.63) is 53.7 Å². The summed E-state index contributed by atoms with van der Waals surface area (Å²) in [7, 11) is 1.93. The Balaban J connectivity index is 1.48. The van der Waals surface area contributed by atoms with Crippen LogP contribution in [-0.2, 0) is 12.8 Å². The van der Waals surface area contributed by atoms with E-state index in [0.29, 0.717) is 17.5 Å². The normalized spacial score (nSPS) is 11.2. The van der Waals surface area contributed by atoms with Crippen LogP contribution in [0.5, 0.6) is 0 Å². The zero-order chi connectivity index (χ0) is 18.1. The van der Waals surface area contributed by atoms with Gasteiger partial charge < -0.3 is 13.5 Å². The smallest absolute Gasteiger partial charge is 0.257 e. The van der Waals surface area contributed by atoms with Gasteiger partial charge in [0.1, 0.15) is 5.76 Å². The highest BCUT2D eigenvalue weighted by Crippen LogP contribution is 2.27. The molecule has 0 aliphatic rings. The van der Waals surface area contributed by atoms with Crippen LogP contribution in [0.4, 0.5) is 0 Å². The summed E-state index contributed by atoms with van der Waals surface area (Å²) in [5.74, 6) is 3.28. The van der Waals surface area contributed by atoms with Crippen LogP contribution in [-0.4, -0.2) is 24.9 Å². The Hall–Kier alpha value is -2.87. The van der Waals surface area contributed by atoms with Crippen LogP contribution in [0.2, 0.25) is 0 Å². The van der Waals surface area contributed by atoms with Crippen molar-refractivity contribution >= 4 is 11.8 Å². The topological polar surface area (TPSA) is 82.8 Å². The van der Waals surface area contributed by atoms with Gasteiger partial charge in [-0.1, -0.05) is 34.6 Å². The quantitative estimate of drug-likeness (QED) is 0.492. The minimum absolute atomic E-state index is 0.522. The summed E-state index contributed by atoms with van der Waals surface area (Å²) in [6.45, 7) is 3.95. The Morgan fingerprint density at radius 2 is 1.88 bits per heavy atom. The molecule has 0 N–H and O–H groups in total. The number of benzene rings is 1. The molecule has 0 saturated heterocycles. The highest BCUT2D eigenvalue weighted by Gasteiger charge is 2.16. The SMILES string of the molecule is Cc1ccc(-c2nc(CSc3nnc(-c4ccoc4C)n3C)no2)cc1. The van der Waals surface area contributed by atoms with Gasteiger partial charge in [-0.05, 0) is 32.0 Å². The summed E-state index contributed by atoms with van der Waals surface area (Å²) in [4.78, 5) is 4.45. The number of hydrogen-bond donors (Lipinski definition) is 0. The van der Waals surface area contributed by atoms with Crippen molar-refractivity contribution in [2.75, 3.05) is 0 Å². The minimum atomic E-state index is 0.522. The van der Waals surface area contributed by atoms with E-state index in [-0.39, 0.29) is 0 Å². The number of aromatic nitrogens is 5. The Kier molecular flexibility index (Phi) is 4.34. The lowest BCUT2D eigenvalue weighted by atomic mass is 10.1. The van der Waals surface area contributed by atoms with Gasteiger partial charge in [-0.2, -0.15) is 4.98 Å². The van der Waals surface area contributed by atoms with Crippen molar-refractivity contribution in [3.8, 4) is 22.8 Å². The van der Waals surface area contributed by atoms with Crippen molar-refractivity contribution in [1.82, 2.24) is 24.9 Å². The van der Waals surface area contributed by atoms with Crippen LogP contribution in [0.3, 0.4) is 0 Å². The molecule has 4 aromatic rings. The second-order valence-electron chi connectivity index (χ2n) is 5.93. The maximum absolute atomic E-state index is 5.36. The Bertz CT molecular complexity index is 1030. The van der Waals surface area contributed by atoms with E-state index in [0.717, 1.165) is 27.9 Å². The third kappa shape index (κ3) is 3.15. The molecule has 132 valence electrons. The number of hydrogen-bond acceptors (Lipinski definition) is 7. The average Bonchev–Trinajstić information content (AvgIpc) is 3.35. The summed E-state index contributed by atoms with van der Waals surface area (Å²) in [6.07, 6.45) is 1.65. The van der Waals surface area contributed by atoms with E-state index >= 15 is 0 Å². The van der Waals surface area contributed by atoms with Gasteiger partial charge in [0.25, 0.3) is 5.89 Å². The van der Waals surface area contributed by atoms with Crippen LogP contribution < -0.4 is 0 Å². The largest absolute Gasteiger partial charge is 0.469 e. The number of rotatable bonds is 5. The molecule has 1 aromatic carbocycles. The first-order valence-electron chi connectivity index (χ1n) is 8.08. The van der Waals surface area contributed by atoms with Gasteiger partial charge in [-0.25, -0.2) is 0 Å². The maximum atomic E-state index is 5.36. The van der Waals surface area contributed by atoms with Gasteiger partial charge in [0.15, 0.2) is 16.8 Å². The molecule has 8 heteroatoms. The highest BCUT2D eigenvalue weighted by atomic mass is 32.2. The molecular formula is C18H17N5O2S. The molecule has 4 rings (SSSR count). The van der Waals surface area contributed by atoms with E-state index in [1.165, 1.54) is 17.3 Å². The average molecular weight is 367 g/mol. The predicted molar refractivity (Wildman–Crippen MR) is 97.5 cm³/mol. The zero-order valence-corrected chi connectivity index (χ0v) is 15.4. The number of furan rings is 1. The van der Waals surface area contributed by atoms with E-state index in [2.05, 4.69) is 20.3 Å². The molecule has 3 heterocycles. The molecule has 0 spiro atoms. The second kappa shape index (κ2) is 6.80.